The lowest BCUT2D eigenvalue weighted by molar-refractivity contribution is 0.0590. The van der Waals surface area contributed by atoms with Crippen molar-refractivity contribution in [1.29, 1.82) is 0 Å². The second kappa shape index (κ2) is 7.24. The van der Waals surface area contributed by atoms with Crippen molar-refractivity contribution in [2.75, 3.05) is 13.2 Å². The number of hydrogen-bond donors (Lipinski definition) is 1. The van der Waals surface area contributed by atoms with Crippen LogP contribution in [0.25, 0.3) is 0 Å². The van der Waals surface area contributed by atoms with Crippen molar-refractivity contribution in [2.45, 2.75) is 64.5 Å². The van der Waals surface area contributed by atoms with Gasteiger partial charge in [0, 0.05) is 12.6 Å². The lowest BCUT2D eigenvalue weighted by atomic mass is 10.2. The van der Waals surface area contributed by atoms with Crippen LogP contribution in [-0.2, 0) is 4.74 Å². The molecule has 1 aliphatic rings. The van der Waals surface area contributed by atoms with E-state index in [0.29, 0.717) is 12.1 Å². The van der Waals surface area contributed by atoms with Crippen molar-refractivity contribution in [2.24, 2.45) is 0 Å². The Morgan fingerprint density at radius 2 is 1.86 bits per heavy atom. The molecular weight excluding hydrogens is 174 g/mol. The van der Waals surface area contributed by atoms with E-state index in [4.69, 9.17) is 4.74 Å². The van der Waals surface area contributed by atoms with Gasteiger partial charge >= 0.3 is 0 Å². The molecule has 0 heterocycles. The summed E-state index contributed by atoms with van der Waals surface area (Å²) in [6.07, 6.45) is 8.31. The van der Waals surface area contributed by atoms with Crippen molar-refractivity contribution in [3.05, 3.63) is 0 Å². The molecule has 0 atom stereocenters. The fraction of sp³-hybridized carbons (Fsp3) is 1.00. The lowest BCUT2D eigenvalue weighted by Gasteiger charge is -2.16. The molecule has 2 heteroatoms. The molecule has 0 saturated heterocycles. The van der Waals surface area contributed by atoms with Gasteiger partial charge in [0.2, 0.25) is 0 Å². The SMILES string of the molecule is CCC(CC)NCCOC1CCCC1. The molecule has 0 spiro atoms. The maximum Gasteiger partial charge on any atom is 0.0594 e. The summed E-state index contributed by atoms with van der Waals surface area (Å²) in [7, 11) is 0. The summed E-state index contributed by atoms with van der Waals surface area (Å²) in [4.78, 5) is 0. The minimum absolute atomic E-state index is 0.568. The lowest BCUT2D eigenvalue weighted by Crippen LogP contribution is -2.31. The number of hydrogen-bond acceptors (Lipinski definition) is 2. The summed E-state index contributed by atoms with van der Waals surface area (Å²) < 4.78 is 5.78. The second-order valence-electron chi connectivity index (χ2n) is 4.24. The zero-order valence-corrected chi connectivity index (χ0v) is 9.72. The third-order valence-electron chi connectivity index (χ3n) is 3.18. The average molecular weight is 199 g/mol. The smallest absolute Gasteiger partial charge is 0.0594 e. The Labute approximate surface area is 88.4 Å². The zero-order valence-electron chi connectivity index (χ0n) is 9.72. The topological polar surface area (TPSA) is 21.3 Å². The van der Waals surface area contributed by atoms with Gasteiger partial charge in [-0.05, 0) is 25.7 Å². The van der Waals surface area contributed by atoms with E-state index >= 15 is 0 Å². The second-order valence-corrected chi connectivity index (χ2v) is 4.24. The predicted octanol–water partition coefficient (Wildman–Crippen LogP) is 2.72. The van der Waals surface area contributed by atoms with Crippen LogP contribution in [0.5, 0.6) is 0 Å². The standard InChI is InChI=1S/C12H25NO/c1-3-11(4-2)13-9-10-14-12-7-5-6-8-12/h11-13H,3-10H2,1-2H3. The maximum atomic E-state index is 5.78. The van der Waals surface area contributed by atoms with Crippen LogP contribution in [-0.4, -0.2) is 25.3 Å². The highest BCUT2D eigenvalue weighted by atomic mass is 16.5. The van der Waals surface area contributed by atoms with Crippen molar-refractivity contribution >= 4 is 0 Å². The first kappa shape index (κ1) is 12.0. The Morgan fingerprint density at radius 3 is 2.43 bits per heavy atom. The summed E-state index contributed by atoms with van der Waals surface area (Å²) in [5.74, 6) is 0. The highest BCUT2D eigenvalue weighted by molar-refractivity contribution is 4.67. The molecule has 0 aliphatic heterocycles. The van der Waals surface area contributed by atoms with Gasteiger partial charge in [0.25, 0.3) is 0 Å². The molecule has 1 rings (SSSR count). The van der Waals surface area contributed by atoms with E-state index in [1.807, 2.05) is 0 Å². The summed E-state index contributed by atoms with van der Waals surface area (Å²) in [6, 6.07) is 0.683. The van der Waals surface area contributed by atoms with Crippen molar-refractivity contribution < 1.29 is 4.74 Å². The molecule has 0 amide bonds. The van der Waals surface area contributed by atoms with Crippen LogP contribution in [0.1, 0.15) is 52.4 Å². The molecule has 2 nitrogen and oxygen atoms in total. The summed E-state index contributed by atoms with van der Waals surface area (Å²) in [5, 5.41) is 3.52. The minimum Gasteiger partial charge on any atom is -0.377 e. The molecule has 84 valence electrons. The summed E-state index contributed by atoms with van der Waals surface area (Å²) >= 11 is 0. The van der Waals surface area contributed by atoms with Crippen molar-refractivity contribution in [3.8, 4) is 0 Å². The van der Waals surface area contributed by atoms with E-state index in [0.717, 1.165) is 13.2 Å². The van der Waals surface area contributed by atoms with Crippen LogP contribution < -0.4 is 5.32 Å². The van der Waals surface area contributed by atoms with Crippen molar-refractivity contribution in [1.82, 2.24) is 5.32 Å². The van der Waals surface area contributed by atoms with Gasteiger partial charge in [-0.25, -0.2) is 0 Å². The first-order valence-electron chi connectivity index (χ1n) is 6.21. The van der Waals surface area contributed by atoms with Crippen LogP contribution in [0.4, 0.5) is 0 Å². The highest BCUT2D eigenvalue weighted by Gasteiger charge is 2.14. The Balaban J connectivity index is 1.92. The Hall–Kier alpha value is -0.0800. The quantitative estimate of drug-likeness (QED) is 0.637. The van der Waals surface area contributed by atoms with E-state index in [-0.39, 0.29) is 0 Å². The van der Waals surface area contributed by atoms with E-state index < -0.39 is 0 Å². The van der Waals surface area contributed by atoms with Gasteiger partial charge < -0.3 is 10.1 Å². The number of nitrogens with one attached hydrogen (secondary N) is 1. The molecule has 0 aromatic rings. The fourth-order valence-corrected chi connectivity index (χ4v) is 2.12. The van der Waals surface area contributed by atoms with Gasteiger partial charge in [0.1, 0.15) is 0 Å². The molecule has 0 radical (unpaired) electrons. The Morgan fingerprint density at radius 1 is 1.21 bits per heavy atom. The van der Waals surface area contributed by atoms with Crippen LogP contribution in [0, 0.1) is 0 Å². The molecule has 14 heavy (non-hydrogen) atoms. The van der Waals surface area contributed by atoms with Gasteiger partial charge in [0.05, 0.1) is 12.7 Å². The van der Waals surface area contributed by atoms with E-state index in [1.165, 1.54) is 38.5 Å². The van der Waals surface area contributed by atoms with Gasteiger partial charge in [-0.2, -0.15) is 0 Å². The van der Waals surface area contributed by atoms with Crippen LogP contribution >= 0.6 is 0 Å². The van der Waals surface area contributed by atoms with Crippen LogP contribution in [0.2, 0.25) is 0 Å². The summed E-state index contributed by atoms with van der Waals surface area (Å²) in [6.45, 7) is 6.38. The molecule has 1 aliphatic carbocycles. The number of ether oxygens (including phenoxy) is 1. The molecule has 0 aromatic carbocycles. The molecule has 0 unspecified atom stereocenters. The average Bonchev–Trinajstić information content (AvgIpc) is 2.71. The van der Waals surface area contributed by atoms with Gasteiger partial charge in [-0.15, -0.1) is 0 Å². The maximum absolute atomic E-state index is 5.78. The van der Waals surface area contributed by atoms with Crippen LogP contribution in [0.15, 0.2) is 0 Å². The molecule has 1 saturated carbocycles. The van der Waals surface area contributed by atoms with Gasteiger partial charge in [-0.3, -0.25) is 0 Å². The van der Waals surface area contributed by atoms with E-state index in [9.17, 15) is 0 Å². The molecular formula is C12H25NO. The summed E-state index contributed by atoms with van der Waals surface area (Å²) in [5.41, 5.74) is 0. The largest absolute Gasteiger partial charge is 0.377 e. The normalized spacial score (nSPS) is 18.2. The van der Waals surface area contributed by atoms with E-state index in [1.54, 1.807) is 0 Å². The first-order chi connectivity index (χ1) is 6.86. The fourth-order valence-electron chi connectivity index (χ4n) is 2.12. The molecule has 1 N–H and O–H groups in total. The first-order valence-corrected chi connectivity index (χ1v) is 6.21. The monoisotopic (exact) mass is 199 g/mol. The van der Waals surface area contributed by atoms with E-state index in [2.05, 4.69) is 19.2 Å². The third kappa shape index (κ3) is 4.43. The number of rotatable bonds is 7. The Bertz CT molecular complexity index is 124. The Kier molecular flexibility index (Phi) is 6.20. The molecule has 1 fully saturated rings. The third-order valence-corrected chi connectivity index (χ3v) is 3.18. The highest BCUT2D eigenvalue weighted by Crippen LogP contribution is 2.20. The zero-order chi connectivity index (χ0) is 10.2. The molecule has 0 aromatic heterocycles. The van der Waals surface area contributed by atoms with Crippen LogP contribution in [0.3, 0.4) is 0 Å². The predicted molar refractivity (Wildman–Crippen MR) is 60.6 cm³/mol. The minimum atomic E-state index is 0.568. The van der Waals surface area contributed by atoms with Gasteiger partial charge in [0.15, 0.2) is 0 Å². The van der Waals surface area contributed by atoms with Crippen molar-refractivity contribution in [3.63, 3.8) is 0 Å². The molecule has 0 bridgehead atoms. The van der Waals surface area contributed by atoms with Gasteiger partial charge in [-0.1, -0.05) is 26.7 Å².